The van der Waals surface area contributed by atoms with Crippen molar-refractivity contribution in [3.8, 4) is 0 Å². The van der Waals surface area contributed by atoms with Crippen LogP contribution in [0.3, 0.4) is 0 Å². The molecule has 0 saturated heterocycles. The first kappa shape index (κ1) is 14.2. The van der Waals surface area contributed by atoms with Gasteiger partial charge in [-0.2, -0.15) is 0 Å². The van der Waals surface area contributed by atoms with Crippen LogP contribution in [0.1, 0.15) is 45.4 Å². The van der Waals surface area contributed by atoms with Gasteiger partial charge in [-0.1, -0.05) is 32.6 Å². The minimum atomic E-state index is -1.12. The molecule has 0 aromatic heterocycles. The Bertz CT molecular complexity index is 170. The highest BCUT2D eigenvalue weighted by atomic mass is 28.3. The Morgan fingerprint density at radius 3 is 2.31 bits per heavy atom. The quantitative estimate of drug-likeness (QED) is 0.551. The highest BCUT2D eigenvalue weighted by molar-refractivity contribution is 6.57. The van der Waals surface area contributed by atoms with Gasteiger partial charge in [0.25, 0.3) is 0 Å². The first-order chi connectivity index (χ1) is 7.81. The highest BCUT2D eigenvalue weighted by Gasteiger charge is 2.25. The van der Waals surface area contributed by atoms with Crippen LogP contribution in [0, 0.1) is 0 Å². The molecule has 1 N–H and O–H groups in total. The van der Waals surface area contributed by atoms with Gasteiger partial charge in [-0.25, -0.2) is 0 Å². The number of nitrogens with one attached hydrogen (secondary N) is 1. The molecule has 0 bridgehead atoms. The molecule has 0 aromatic carbocycles. The smallest absolute Gasteiger partial charge is 0.175 e. The van der Waals surface area contributed by atoms with E-state index in [9.17, 15) is 0 Å². The van der Waals surface area contributed by atoms with Crippen molar-refractivity contribution in [1.29, 1.82) is 0 Å². The topological polar surface area (TPSA) is 30.5 Å². The summed E-state index contributed by atoms with van der Waals surface area (Å²) in [6, 6.07) is 1.98. The Kier molecular flexibility index (Phi) is 7.28. The second kappa shape index (κ2) is 8.23. The van der Waals surface area contributed by atoms with Gasteiger partial charge in [-0.3, -0.25) is 0 Å². The number of methoxy groups -OCH3 is 2. The van der Waals surface area contributed by atoms with E-state index in [4.69, 9.17) is 9.47 Å². The minimum absolute atomic E-state index is 0.0295. The first-order valence-corrected chi connectivity index (χ1v) is 8.69. The zero-order valence-electron chi connectivity index (χ0n) is 11.0. The van der Waals surface area contributed by atoms with Crippen molar-refractivity contribution >= 4 is 8.96 Å². The van der Waals surface area contributed by atoms with Crippen LogP contribution in [0.25, 0.3) is 0 Å². The molecule has 1 rings (SSSR count). The van der Waals surface area contributed by atoms with Crippen molar-refractivity contribution in [1.82, 2.24) is 4.98 Å². The highest BCUT2D eigenvalue weighted by Crippen LogP contribution is 2.18. The van der Waals surface area contributed by atoms with Crippen molar-refractivity contribution in [2.24, 2.45) is 0 Å². The van der Waals surface area contributed by atoms with Crippen LogP contribution in [-0.2, 0) is 9.47 Å². The normalized spacial score (nSPS) is 20.2. The van der Waals surface area contributed by atoms with Crippen LogP contribution in [0.4, 0.5) is 0 Å². The average molecular weight is 245 g/mol. The maximum Gasteiger partial charge on any atom is 0.175 e. The van der Waals surface area contributed by atoms with E-state index in [0.29, 0.717) is 0 Å². The Labute approximate surface area is 102 Å². The fraction of sp³-hybridized carbons (Fsp3) is 1.00. The molecule has 0 amide bonds. The third kappa shape index (κ3) is 4.53. The first-order valence-electron chi connectivity index (χ1n) is 6.63. The molecule has 1 atom stereocenters. The van der Waals surface area contributed by atoms with Gasteiger partial charge in [0.15, 0.2) is 14.9 Å². The third-order valence-electron chi connectivity index (χ3n) is 3.45. The number of hydrogen-bond acceptors (Lipinski definition) is 3. The molecule has 1 aliphatic rings. The van der Waals surface area contributed by atoms with Crippen LogP contribution >= 0.6 is 0 Å². The molecule has 1 unspecified atom stereocenters. The number of ether oxygens (including phenoxy) is 2. The molecule has 16 heavy (non-hydrogen) atoms. The van der Waals surface area contributed by atoms with E-state index in [0.717, 1.165) is 6.04 Å². The molecule has 1 fully saturated rings. The molecule has 1 saturated carbocycles. The summed E-state index contributed by atoms with van der Waals surface area (Å²) in [5, 5.41) is 0. The fourth-order valence-electron chi connectivity index (χ4n) is 2.61. The van der Waals surface area contributed by atoms with E-state index in [-0.39, 0.29) is 5.91 Å². The van der Waals surface area contributed by atoms with Gasteiger partial charge in [0, 0.05) is 20.3 Å². The Morgan fingerprint density at radius 1 is 1.19 bits per heavy atom. The van der Waals surface area contributed by atoms with Gasteiger partial charge in [-0.05, 0) is 18.9 Å². The maximum atomic E-state index is 5.43. The Balaban J connectivity index is 2.41. The van der Waals surface area contributed by atoms with Crippen molar-refractivity contribution in [2.45, 2.75) is 63.4 Å². The van der Waals surface area contributed by atoms with E-state index >= 15 is 0 Å². The summed E-state index contributed by atoms with van der Waals surface area (Å²) < 4.78 is 10.9. The number of hydrogen-bond donors (Lipinski definition) is 1. The summed E-state index contributed by atoms with van der Waals surface area (Å²) in [5.41, 5.74) is 0. The van der Waals surface area contributed by atoms with Crippen molar-refractivity contribution < 1.29 is 9.47 Å². The van der Waals surface area contributed by atoms with E-state index in [1.165, 1.54) is 44.6 Å². The van der Waals surface area contributed by atoms with Crippen LogP contribution in [0.2, 0.25) is 6.04 Å². The lowest BCUT2D eigenvalue weighted by molar-refractivity contribution is -0.0490. The van der Waals surface area contributed by atoms with Gasteiger partial charge in [-0.15, -0.1) is 0 Å². The zero-order chi connectivity index (χ0) is 11.8. The molecule has 1 aliphatic carbocycles. The molecule has 0 aliphatic heterocycles. The molecule has 3 nitrogen and oxygen atoms in total. The number of rotatable bonds is 7. The molecule has 96 valence electrons. The summed E-state index contributed by atoms with van der Waals surface area (Å²) in [7, 11) is 2.40. The largest absolute Gasteiger partial charge is 0.358 e. The van der Waals surface area contributed by atoms with Crippen molar-refractivity contribution in [3.05, 3.63) is 0 Å². The van der Waals surface area contributed by atoms with Gasteiger partial charge in [0.1, 0.15) is 0 Å². The minimum Gasteiger partial charge on any atom is -0.358 e. The molecule has 0 radical (unpaired) electrons. The van der Waals surface area contributed by atoms with Crippen LogP contribution < -0.4 is 4.98 Å². The lowest BCUT2D eigenvalue weighted by atomic mass is 9.96. The van der Waals surface area contributed by atoms with Gasteiger partial charge in [0.05, 0.1) is 0 Å². The molecular weight excluding hydrogens is 218 g/mol. The molecule has 0 spiro atoms. The van der Waals surface area contributed by atoms with E-state index in [1.807, 2.05) is 0 Å². The van der Waals surface area contributed by atoms with Crippen molar-refractivity contribution in [2.75, 3.05) is 14.2 Å². The average Bonchev–Trinajstić information content (AvgIpc) is 2.32. The van der Waals surface area contributed by atoms with E-state index in [2.05, 4.69) is 11.9 Å². The van der Waals surface area contributed by atoms with Gasteiger partial charge < -0.3 is 14.5 Å². The molecule has 0 aromatic rings. The van der Waals surface area contributed by atoms with Crippen molar-refractivity contribution in [3.63, 3.8) is 0 Å². The summed E-state index contributed by atoms with van der Waals surface area (Å²) in [5.74, 6) is 0.0295. The molecule has 0 heterocycles. The molecule has 4 heteroatoms. The second-order valence-corrected chi connectivity index (χ2v) is 7.40. The van der Waals surface area contributed by atoms with E-state index in [1.54, 1.807) is 14.2 Å². The standard InChI is InChI=1S/C12H27NO2Si/c1-4-10-16(12(14-2)15-3)13-11-8-6-5-7-9-11/h11-13,16H,4-10H2,1-3H3. The predicted octanol–water partition coefficient (Wildman–Crippen LogP) is 2.20. The van der Waals surface area contributed by atoms with Gasteiger partial charge >= 0.3 is 0 Å². The lowest BCUT2D eigenvalue weighted by Gasteiger charge is -2.31. The second-order valence-electron chi connectivity index (χ2n) is 4.74. The molecular formula is C12H27NO2Si. The lowest BCUT2D eigenvalue weighted by Crippen LogP contribution is -2.51. The third-order valence-corrected chi connectivity index (χ3v) is 6.75. The monoisotopic (exact) mass is 245 g/mol. The predicted molar refractivity (Wildman–Crippen MR) is 70.1 cm³/mol. The van der Waals surface area contributed by atoms with Crippen LogP contribution in [0.15, 0.2) is 0 Å². The summed E-state index contributed by atoms with van der Waals surface area (Å²) >= 11 is 0. The Morgan fingerprint density at radius 2 is 1.81 bits per heavy atom. The SMILES string of the molecule is CCC[SiH](NC1CCCCC1)C(OC)OC. The van der Waals surface area contributed by atoms with Crippen LogP contribution in [-0.4, -0.2) is 35.1 Å². The Hall–Kier alpha value is 0.0969. The maximum absolute atomic E-state index is 5.43. The van der Waals surface area contributed by atoms with E-state index < -0.39 is 8.96 Å². The fourth-order valence-corrected chi connectivity index (χ4v) is 5.42. The van der Waals surface area contributed by atoms with Gasteiger partial charge in [0.2, 0.25) is 0 Å². The van der Waals surface area contributed by atoms with Crippen LogP contribution in [0.5, 0.6) is 0 Å². The summed E-state index contributed by atoms with van der Waals surface area (Å²) in [4.78, 5) is 3.85. The summed E-state index contributed by atoms with van der Waals surface area (Å²) in [6.07, 6.45) is 8.09. The summed E-state index contributed by atoms with van der Waals surface area (Å²) in [6.45, 7) is 2.24. The zero-order valence-corrected chi connectivity index (χ0v) is 12.2.